The highest BCUT2D eigenvalue weighted by Gasteiger charge is 2.21. The highest BCUT2D eigenvalue weighted by atomic mass is 32.2. The van der Waals surface area contributed by atoms with E-state index in [1.165, 1.54) is 23.5 Å². The second-order valence-corrected chi connectivity index (χ2v) is 6.42. The second kappa shape index (κ2) is 5.95. The first-order valence-corrected chi connectivity index (χ1v) is 8.39. The molecule has 2 aromatic rings. The van der Waals surface area contributed by atoms with E-state index in [4.69, 9.17) is 4.74 Å². The molecule has 5 heteroatoms. The molecule has 0 atom stereocenters. The lowest BCUT2D eigenvalue weighted by Crippen LogP contribution is -1.90. The molecule has 0 N–H and O–H groups in total. The van der Waals surface area contributed by atoms with Gasteiger partial charge in [0.25, 0.3) is 0 Å². The molecule has 0 unspecified atom stereocenters. The van der Waals surface area contributed by atoms with Gasteiger partial charge < -0.3 is 4.74 Å². The van der Waals surface area contributed by atoms with E-state index in [-0.39, 0.29) is 5.12 Å². The van der Waals surface area contributed by atoms with Crippen molar-refractivity contribution in [3.8, 4) is 5.75 Å². The Hall–Kier alpha value is -1.72. The number of benzene rings is 2. The minimum Gasteiger partial charge on any atom is -0.496 e. The number of thioether (sulfide) groups is 2. The van der Waals surface area contributed by atoms with Gasteiger partial charge in [-0.05, 0) is 41.1 Å². The van der Waals surface area contributed by atoms with Gasteiger partial charge in [0.05, 0.1) is 7.11 Å². The van der Waals surface area contributed by atoms with Gasteiger partial charge in [0.2, 0.25) is 5.12 Å². The van der Waals surface area contributed by atoms with Crippen LogP contribution in [-0.4, -0.2) is 22.9 Å². The number of carbonyl (C=O) groups excluding carboxylic acids is 1. The van der Waals surface area contributed by atoms with Gasteiger partial charge in [0, 0.05) is 5.39 Å². The van der Waals surface area contributed by atoms with Gasteiger partial charge in [-0.2, -0.15) is 0 Å². The molecule has 0 amide bonds. The first-order valence-electron chi connectivity index (χ1n) is 6.35. The Morgan fingerprint density at radius 3 is 2.62 bits per heavy atom. The maximum Gasteiger partial charge on any atom is 0.244 e. The van der Waals surface area contributed by atoms with Crippen molar-refractivity contribution in [3.63, 3.8) is 0 Å². The van der Waals surface area contributed by atoms with Crippen molar-refractivity contribution >= 4 is 49.9 Å². The molecule has 106 valence electrons. The first-order chi connectivity index (χ1) is 10.2. The van der Waals surface area contributed by atoms with Crippen LogP contribution >= 0.6 is 23.5 Å². The zero-order valence-corrected chi connectivity index (χ0v) is 13.3. The van der Waals surface area contributed by atoms with Crippen molar-refractivity contribution in [2.45, 2.75) is 0 Å². The third-order valence-corrected chi connectivity index (χ3v) is 5.06. The summed E-state index contributed by atoms with van der Waals surface area (Å²) in [5.41, 5.74) is 1.47. The van der Waals surface area contributed by atoms with E-state index in [0.717, 1.165) is 26.5 Å². The summed E-state index contributed by atoms with van der Waals surface area (Å²) in [6.07, 6.45) is 3.77. The molecule has 1 aliphatic heterocycles. The third kappa shape index (κ3) is 2.71. The minimum atomic E-state index is -0.000695. The lowest BCUT2D eigenvalue weighted by molar-refractivity contribution is -0.107. The Morgan fingerprint density at radius 2 is 1.95 bits per heavy atom. The number of ether oxygens (including phenoxy) is 1. The number of aliphatic imine (C=N–C) groups is 1. The molecular weight excluding hydrogens is 302 g/mol. The smallest absolute Gasteiger partial charge is 0.244 e. The highest BCUT2D eigenvalue weighted by Crippen LogP contribution is 2.33. The zero-order chi connectivity index (χ0) is 14.8. The largest absolute Gasteiger partial charge is 0.496 e. The maximum absolute atomic E-state index is 11.9. The zero-order valence-electron chi connectivity index (χ0n) is 11.6. The van der Waals surface area contributed by atoms with Crippen molar-refractivity contribution in [2.75, 3.05) is 13.4 Å². The summed E-state index contributed by atoms with van der Waals surface area (Å²) in [4.78, 5) is 16.3. The van der Waals surface area contributed by atoms with Crippen molar-refractivity contribution < 1.29 is 9.53 Å². The number of nitrogens with zero attached hydrogens (tertiary/aromatic N) is 1. The first kappa shape index (κ1) is 14.2. The molecule has 0 fully saturated rings. The van der Waals surface area contributed by atoms with Crippen molar-refractivity contribution in [2.24, 2.45) is 4.99 Å². The van der Waals surface area contributed by atoms with Gasteiger partial charge in [0.15, 0.2) is 0 Å². The summed E-state index contributed by atoms with van der Waals surface area (Å²) in [6, 6.07) is 11.9. The molecule has 3 nitrogen and oxygen atoms in total. The fourth-order valence-electron chi connectivity index (χ4n) is 2.22. The molecule has 21 heavy (non-hydrogen) atoms. The minimum absolute atomic E-state index is 0.000695. The molecule has 2 aromatic carbocycles. The predicted molar refractivity (Wildman–Crippen MR) is 92.0 cm³/mol. The molecule has 0 saturated heterocycles. The summed E-state index contributed by atoms with van der Waals surface area (Å²) in [5, 5.41) is 2.08. The Balaban J connectivity index is 2.14. The van der Waals surface area contributed by atoms with Crippen molar-refractivity contribution in [1.82, 2.24) is 0 Å². The Morgan fingerprint density at radius 1 is 1.19 bits per heavy atom. The number of hydrogen-bond donors (Lipinski definition) is 0. The molecule has 1 heterocycles. The standard InChI is InChI=1S/C16H13NO2S2/c1-19-14-8-7-10(11-5-3-4-6-12(11)14)9-13-15(18)21-16(17-13)20-2/h3-9H,1-2H3/b13-9+. The quantitative estimate of drug-likeness (QED) is 0.779. The molecule has 0 aliphatic carbocycles. The van der Waals surface area contributed by atoms with Crippen LogP contribution in [0.2, 0.25) is 0 Å². The molecule has 0 radical (unpaired) electrons. The van der Waals surface area contributed by atoms with Crippen LogP contribution in [0.5, 0.6) is 5.75 Å². The second-order valence-electron chi connectivity index (χ2n) is 4.40. The van der Waals surface area contributed by atoms with E-state index in [1.807, 2.05) is 48.7 Å². The fourth-order valence-corrected chi connectivity index (χ4v) is 3.48. The molecule has 0 saturated carbocycles. The maximum atomic E-state index is 11.9. The average Bonchev–Trinajstić information content (AvgIpc) is 2.88. The summed E-state index contributed by atoms with van der Waals surface area (Å²) < 4.78 is 6.18. The Bertz CT molecular complexity index is 781. The number of methoxy groups -OCH3 is 1. The number of hydrogen-bond acceptors (Lipinski definition) is 5. The Labute approximate surface area is 131 Å². The lowest BCUT2D eigenvalue weighted by Gasteiger charge is -2.08. The molecule has 0 spiro atoms. The van der Waals surface area contributed by atoms with E-state index in [2.05, 4.69) is 4.99 Å². The van der Waals surface area contributed by atoms with Crippen LogP contribution in [-0.2, 0) is 4.79 Å². The van der Waals surface area contributed by atoms with Gasteiger partial charge in [-0.15, -0.1) is 11.8 Å². The lowest BCUT2D eigenvalue weighted by atomic mass is 10.0. The molecule has 0 bridgehead atoms. The SMILES string of the molecule is COc1ccc(/C=C2/N=C(SC)SC2=O)c2ccccc12. The van der Waals surface area contributed by atoms with Crippen LogP contribution in [0.15, 0.2) is 47.1 Å². The van der Waals surface area contributed by atoms with Crippen LogP contribution < -0.4 is 4.74 Å². The van der Waals surface area contributed by atoms with Crippen molar-refractivity contribution in [1.29, 1.82) is 0 Å². The number of fused-ring (bicyclic) bond motifs is 1. The fraction of sp³-hybridized carbons (Fsp3) is 0.125. The van der Waals surface area contributed by atoms with Crippen molar-refractivity contribution in [3.05, 3.63) is 47.7 Å². The predicted octanol–water partition coefficient (Wildman–Crippen LogP) is 4.18. The Kier molecular flexibility index (Phi) is 4.03. The topological polar surface area (TPSA) is 38.7 Å². The van der Waals surface area contributed by atoms with Gasteiger partial charge in [0.1, 0.15) is 15.8 Å². The summed E-state index contributed by atoms with van der Waals surface area (Å²) in [7, 11) is 1.66. The van der Waals surface area contributed by atoms with E-state index in [1.54, 1.807) is 7.11 Å². The summed E-state index contributed by atoms with van der Waals surface area (Å²) in [5.74, 6) is 0.827. The van der Waals surface area contributed by atoms with E-state index < -0.39 is 0 Å². The van der Waals surface area contributed by atoms with Crippen LogP contribution in [0.3, 0.4) is 0 Å². The molecular formula is C16H13NO2S2. The van der Waals surface area contributed by atoms with E-state index >= 15 is 0 Å². The van der Waals surface area contributed by atoms with E-state index in [0.29, 0.717) is 5.70 Å². The average molecular weight is 315 g/mol. The summed E-state index contributed by atoms with van der Waals surface area (Å²) in [6.45, 7) is 0. The van der Waals surface area contributed by atoms with E-state index in [9.17, 15) is 4.79 Å². The van der Waals surface area contributed by atoms with Gasteiger partial charge in [-0.3, -0.25) is 4.79 Å². The number of rotatable bonds is 2. The monoisotopic (exact) mass is 315 g/mol. The van der Waals surface area contributed by atoms with Gasteiger partial charge >= 0.3 is 0 Å². The van der Waals surface area contributed by atoms with Crippen LogP contribution in [0.25, 0.3) is 16.8 Å². The highest BCUT2D eigenvalue weighted by molar-refractivity contribution is 8.45. The van der Waals surface area contributed by atoms with Crippen LogP contribution in [0.4, 0.5) is 0 Å². The molecule has 3 rings (SSSR count). The van der Waals surface area contributed by atoms with Gasteiger partial charge in [-0.25, -0.2) is 4.99 Å². The molecule has 0 aromatic heterocycles. The normalized spacial score (nSPS) is 16.6. The van der Waals surface area contributed by atoms with Gasteiger partial charge in [-0.1, -0.05) is 30.3 Å². The molecule has 1 aliphatic rings. The van der Waals surface area contributed by atoms with Crippen LogP contribution in [0.1, 0.15) is 5.56 Å². The number of carbonyl (C=O) groups is 1. The third-order valence-electron chi connectivity index (χ3n) is 3.21. The van der Waals surface area contributed by atoms with Crippen LogP contribution in [0, 0.1) is 0 Å². The summed E-state index contributed by atoms with van der Waals surface area (Å²) >= 11 is 2.68.